The molecule has 0 saturated heterocycles. The predicted molar refractivity (Wildman–Crippen MR) is 75.3 cm³/mol. The molecular formula is C15H25NO2. The van der Waals surface area contributed by atoms with E-state index in [1.165, 1.54) is 18.4 Å². The van der Waals surface area contributed by atoms with Crippen molar-refractivity contribution in [3.63, 3.8) is 0 Å². The van der Waals surface area contributed by atoms with Gasteiger partial charge in [-0.25, -0.2) is 0 Å². The van der Waals surface area contributed by atoms with E-state index in [1.54, 1.807) is 14.2 Å². The SMILES string of the molecule is COc1cc(CNCCCC(C)C)cc(OC)c1. The molecular weight excluding hydrogens is 226 g/mol. The Hall–Kier alpha value is -1.22. The number of ether oxygens (including phenoxy) is 2. The normalized spacial score (nSPS) is 10.7. The van der Waals surface area contributed by atoms with Crippen LogP contribution in [0.4, 0.5) is 0 Å². The Morgan fingerprint density at radius 3 is 2.17 bits per heavy atom. The second-order valence-corrected chi connectivity index (χ2v) is 4.93. The molecule has 0 radical (unpaired) electrons. The molecule has 0 aliphatic rings. The summed E-state index contributed by atoms with van der Waals surface area (Å²) in [6.07, 6.45) is 2.49. The fraction of sp³-hybridized carbons (Fsp3) is 0.600. The van der Waals surface area contributed by atoms with Gasteiger partial charge in [0, 0.05) is 12.6 Å². The first kappa shape index (κ1) is 14.8. The van der Waals surface area contributed by atoms with Gasteiger partial charge in [-0.1, -0.05) is 13.8 Å². The molecule has 1 rings (SSSR count). The fourth-order valence-electron chi connectivity index (χ4n) is 1.84. The van der Waals surface area contributed by atoms with E-state index < -0.39 is 0 Å². The van der Waals surface area contributed by atoms with Gasteiger partial charge in [-0.15, -0.1) is 0 Å². The lowest BCUT2D eigenvalue weighted by Crippen LogP contribution is -2.15. The van der Waals surface area contributed by atoms with E-state index in [1.807, 2.05) is 18.2 Å². The van der Waals surface area contributed by atoms with Crippen LogP contribution in [0.1, 0.15) is 32.3 Å². The minimum absolute atomic E-state index is 0.781. The van der Waals surface area contributed by atoms with E-state index in [0.717, 1.165) is 30.5 Å². The fourth-order valence-corrected chi connectivity index (χ4v) is 1.84. The van der Waals surface area contributed by atoms with Gasteiger partial charge in [0.25, 0.3) is 0 Å². The van der Waals surface area contributed by atoms with Crippen molar-refractivity contribution in [2.24, 2.45) is 5.92 Å². The summed E-state index contributed by atoms with van der Waals surface area (Å²) in [5.41, 5.74) is 1.19. The minimum atomic E-state index is 0.781. The average molecular weight is 251 g/mol. The summed E-state index contributed by atoms with van der Waals surface area (Å²) >= 11 is 0. The van der Waals surface area contributed by atoms with Crippen molar-refractivity contribution in [1.82, 2.24) is 5.32 Å². The Bertz CT molecular complexity index is 328. The highest BCUT2D eigenvalue weighted by Gasteiger charge is 2.01. The summed E-state index contributed by atoms with van der Waals surface area (Å²) in [6.45, 7) is 6.42. The predicted octanol–water partition coefficient (Wildman–Crippen LogP) is 3.23. The molecule has 0 aliphatic carbocycles. The highest BCUT2D eigenvalue weighted by molar-refractivity contribution is 5.38. The van der Waals surface area contributed by atoms with Crippen molar-refractivity contribution in [2.75, 3.05) is 20.8 Å². The summed E-state index contributed by atoms with van der Waals surface area (Å²) in [6, 6.07) is 5.97. The Morgan fingerprint density at radius 2 is 1.67 bits per heavy atom. The molecule has 0 aliphatic heterocycles. The molecule has 0 fully saturated rings. The maximum atomic E-state index is 5.25. The lowest BCUT2D eigenvalue weighted by Gasteiger charge is -2.10. The topological polar surface area (TPSA) is 30.5 Å². The molecule has 0 amide bonds. The number of benzene rings is 1. The second-order valence-electron chi connectivity index (χ2n) is 4.93. The largest absolute Gasteiger partial charge is 0.497 e. The van der Waals surface area contributed by atoms with Crippen LogP contribution in [0.25, 0.3) is 0 Å². The standard InChI is InChI=1S/C15H25NO2/c1-12(2)6-5-7-16-11-13-8-14(17-3)10-15(9-13)18-4/h8-10,12,16H,5-7,11H2,1-4H3. The van der Waals surface area contributed by atoms with Crippen LogP contribution in [0.5, 0.6) is 11.5 Å². The molecule has 1 aromatic carbocycles. The number of hydrogen-bond donors (Lipinski definition) is 1. The van der Waals surface area contributed by atoms with Crippen LogP contribution in [-0.2, 0) is 6.54 Å². The van der Waals surface area contributed by atoms with Crippen LogP contribution in [0, 0.1) is 5.92 Å². The Morgan fingerprint density at radius 1 is 1.06 bits per heavy atom. The third-order valence-electron chi connectivity index (χ3n) is 2.88. The molecule has 18 heavy (non-hydrogen) atoms. The lowest BCUT2D eigenvalue weighted by molar-refractivity contribution is 0.393. The van der Waals surface area contributed by atoms with Gasteiger partial charge >= 0.3 is 0 Å². The van der Waals surface area contributed by atoms with Crippen LogP contribution < -0.4 is 14.8 Å². The third-order valence-corrected chi connectivity index (χ3v) is 2.88. The first-order valence-electron chi connectivity index (χ1n) is 6.58. The zero-order valence-electron chi connectivity index (χ0n) is 12.0. The van der Waals surface area contributed by atoms with E-state index in [2.05, 4.69) is 19.2 Å². The summed E-state index contributed by atoms with van der Waals surface area (Å²) in [5, 5.41) is 3.45. The van der Waals surface area contributed by atoms with Gasteiger partial charge in [0.1, 0.15) is 11.5 Å². The van der Waals surface area contributed by atoms with Crippen molar-refractivity contribution in [2.45, 2.75) is 33.2 Å². The van der Waals surface area contributed by atoms with Crippen LogP contribution in [0.3, 0.4) is 0 Å². The summed E-state index contributed by atoms with van der Waals surface area (Å²) in [5.74, 6) is 2.46. The van der Waals surface area contributed by atoms with Crippen LogP contribution in [0.15, 0.2) is 18.2 Å². The Kier molecular flexibility index (Phi) is 6.58. The van der Waals surface area contributed by atoms with Gasteiger partial charge in [0.05, 0.1) is 14.2 Å². The molecule has 102 valence electrons. The zero-order valence-corrected chi connectivity index (χ0v) is 12.0. The molecule has 1 aromatic rings. The average Bonchev–Trinajstić information content (AvgIpc) is 2.37. The smallest absolute Gasteiger partial charge is 0.122 e. The third kappa shape index (κ3) is 5.41. The number of hydrogen-bond acceptors (Lipinski definition) is 3. The van der Waals surface area contributed by atoms with Crippen LogP contribution in [0.2, 0.25) is 0 Å². The molecule has 3 heteroatoms. The monoisotopic (exact) mass is 251 g/mol. The zero-order chi connectivity index (χ0) is 13.4. The lowest BCUT2D eigenvalue weighted by atomic mass is 10.1. The highest BCUT2D eigenvalue weighted by Crippen LogP contribution is 2.22. The first-order chi connectivity index (χ1) is 8.65. The molecule has 0 unspecified atom stereocenters. The van der Waals surface area contributed by atoms with E-state index in [4.69, 9.17) is 9.47 Å². The van der Waals surface area contributed by atoms with Gasteiger partial charge < -0.3 is 14.8 Å². The molecule has 1 N–H and O–H groups in total. The summed E-state index contributed by atoms with van der Waals surface area (Å²) < 4.78 is 10.5. The Balaban J connectivity index is 2.41. The van der Waals surface area contributed by atoms with Gasteiger partial charge in [0.15, 0.2) is 0 Å². The minimum Gasteiger partial charge on any atom is -0.497 e. The quantitative estimate of drug-likeness (QED) is 0.720. The molecule has 0 spiro atoms. The van der Waals surface area contributed by atoms with Crippen molar-refractivity contribution >= 4 is 0 Å². The van der Waals surface area contributed by atoms with Crippen molar-refractivity contribution < 1.29 is 9.47 Å². The van der Waals surface area contributed by atoms with E-state index in [-0.39, 0.29) is 0 Å². The molecule has 0 aromatic heterocycles. The van der Waals surface area contributed by atoms with Crippen LogP contribution in [-0.4, -0.2) is 20.8 Å². The van der Waals surface area contributed by atoms with Crippen molar-refractivity contribution in [1.29, 1.82) is 0 Å². The molecule has 0 atom stereocenters. The molecule has 3 nitrogen and oxygen atoms in total. The van der Waals surface area contributed by atoms with Gasteiger partial charge in [0.2, 0.25) is 0 Å². The maximum absolute atomic E-state index is 5.25. The maximum Gasteiger partial charge on any atom is 0.122 e. The molecule has 0 saturated carbocycles. The molecule has 0 heterocycles. The van der Waals surface area contributed by atoms with E-state index in [9.17, 15) is 0 Å². The number of methoxy groups -OCH3 is 2. The summed E-state index contributed by atoms with van der Waals surface area (Å²) in [4.78, 5) is 0. The first-order valence-corrected chi connectivity index (χ1v) is 6.58. The van der Waals surface area contributed by atoms with E-state index >= 15 is 0 Å². The number of nitrogens with one attached hydrogen (secondary N) is 1. The molecule has 0 bridgehead atoms. The number of rotatable bonds is 8. The second kappa shape index (κ2) is 7.98. The van der Waals surface area contributed by atoms with Gasteiger partial charge in [-0.3, -0.25) is 0 Å². The highest BCUT2D eigenvalue weighted by atomic mass is 16.5. The summed E-state index contributed by atoms with van der Waals surface area (Å²) in [7, 11) is 3.35. The van der Waals surface area contributed by atoms with Crippen molar-refractivity contribution in [3.8, 4) is 11.5 Å². The van der Waals surface area contributed by atoms with E-state index in [0.29, 0.717) is 0 Å². The van der Waals surface area contributed by atoms with Gasteiger partial charge in [-0.05, 0) is 43.0 Å². The Labute approximate surface area is 110 Å². The van der Waals surface area contributed by atoms with Gasteiger partial charge in [-0.2, -0.15) is 0 Å². The van der Waals surface area contributed by atoms with Crippen LogP contribution >= 0.6 is 0 Å². The van der Waals surface area contributed by atoms with Crippen molar-refractivity contribution in [3.05, 3.63) is 23.8 Å².